The van der Waals surface area contributed by atoms with Crippen molar-refractivity contribution in [2.75, 3.05) is 26.2 Å². The fourth-order valence-corrected chi connectivity index (χ4v) is 2.94. The van der Waals surface area contributed by atoms with Crippen LogP contribution in [-0.2, 0) is 0 Å². The standard InChI is InChI=1S/C15H19N3O2/c19-14(12-4-2-1-3-5-12)18-11-10-17(15(18)20)13-6-8-16-9-7-13/h1-5,13,16H,6-11H2. The monoisotopic (exact) mass is 273 g/mol. The number of imide groups is 1. The zero-order chi connectivity index (χ0) is 13.9. The van der Waals surface area contributed by atoms with Gasteiger partial charge in [-0.25, -0.2) is 4.79 Å². The van der Waals surface area contributed by atoms with Gasteiger partial charge in [-0.15, -0.1) is 0 Å². The number of piperidine rings is 1. The minimum atomic E-state index is -0.188. The van der Waals surface area contributed by atoms with E-state index in [2.05, 4.69) is 5.32 Å². The lowest BCUT2D eigenvalue weighted by molar-refractivity contribution is 0.0817. The van der Waals surface area contributed by atoms with Gasteiger partial charge in [0.05, 0.1) is 0 Å². The zero-order valence-electron chi connectivity index (χ0n) is 11.4. The van der Waals surface area contributed by atoms with Crippen molar-refractivity contribution in [1.82, 2.24) is 15.1 Å². The molecule has 0 saturated carbocycles. The molecule has 0 unspecified atom stereocenters. The molecule has 5 heteroatoms. The van der Waals surface area contributed by atoms with Crippen LogP contribution in [0.15, 0.2) is 30.3 Å². The number of nitrogens with one attached hydrogen (secondary N) is 1. The zero-order valence-corrected chi connectivity index (χ0v) is 11.4. The Labute approximate surface area is 118 Å². The van der Waals surface area contributed by atoms with Gasteiger partial charge in [-0.1, -0.05) is 18.2 Å². The maximum absolute atomic E-state index is 12.4. The molecule has 2 fully saturated rings. The van der Waals surface area contributed by atoms with Crippen molar-refractivity contribution in [3.8, 4) is 0 Å². The van der Waals surface area contributed by atoms with Crippen molar-refractivity contribution in [3.63, 3.8) is 0 Å². The molecule has 20 heavy (non-hydrogen) atoms. The summed E-state index contributed by atoms with van der Waals surface area (Å²) in [7, 11) is 0. The first kappa shape index (κ1) is 13.1. The molecule has 2 heterocycles. The van der Waals surface area contributed by atoms with E-state index in [0.717, 1.165) is 25.9 Å². The van der Waals surface area contributed by atoms with Crippen LogP contribution in [0.4, 0.5) is 4.79 Å². The van der Waals surface area contributed by atoms with Crippen LogP contribution in [0.3, 0.4) is 0 Å². The van der Waals surface area contributed by atoms with Crippen LogP contribution in [0.2, 0.25) is 0 Å². The van der Waals surface area contributed by atoms with Gasteiger partial charge >= 0.3 is 6.03 Å². The van der Waals surface area contributed by atoms with Crippen molar-refractivity contribution in [3.05, 3.63) is 35.9 Å². The molecule has 0 spiro atoms. The number of nitrogens with zero attached hydrogens (tertiary/aromatic N) is 2. The summed E-state index contributed by atoms with van der Waals surface area (Å²) in [5.74, 6) is -0.188. The average molecular weight is 273 g/mol. The number of hydrogen-bond donors (Lipinski definition) is 1. The van der Waals surface area contributed by atoms with Crippen LogP contribution in [0.5, 0.6) is 0 Å². The van der Waals surface area contributed by atoms with Crippen molar-refractivity contribution in [2.45, 2.75) is 18.9 Å². The van der Waals surface area contributed by atoms with Gasteiger partial charge in [0.1, 0.15) is 0 Å². The van der Waals surface area contributed by atoms with Crippen LogP contribution in [0.25, 0.3) is 0 Å². The molecule has 5 nitrogen and oxygen atoms in total. The second-order valence-corrected chi connectivity index (χ2v) is 5.28. The summed E-state index contributed by atoms with van der Waals surface area (Å²) >= 11 is 0. The molecule has 1 N–H and O–H groups in total. The van der Waals surface area contributed by atoms with Gasteiger partial charge in [-0.3, -0.25) is 9.69 Å². The van der Waals surface area contributed by atoms with Gasteiger partial charge in [0.15, 0.2) is 0 Å². The van der Waals surface area contributed by atoms with E-state index in [1.165, 1.54) is 4.90 Å². The molecule has 0 bridgehead atoms. The normalized spacial score (nSPS) is 20.5. The molecule has 2 saturated heterocycles. The number of benzene rings is 1. The Balaban J connectivity index is 1.70. The first-order valence-corrected chi connectivity index (χ1v) is 7.15. The highest BCUT2D eigenvalue weighted by Crippen LogP contribution is 2.20. The van der Waals surface area contributed by atoms with Crippen LogP contribution in [-0.4, -0.2) is 54.0 Å². The minimum absolute atomic E-state index is 0.134. The van der Waals surface area contributed by atoms with Crippen LogP contribution < -0.4 is 5.32 Å². The molecule has 0 aliphatic carbocycles. The number of carbonyl (C=O) groups is 2. The molecular weight excluding hydrogens is 254 g/mol. The highest BCUT2D eigenvalue weighted by molar-refractivity contribution is 6.05. The Kier molecular flexibility index (Phi) is 3.69. The van der Waals surface area contributed by atoms with Gasteiger partial charge in [0.25, 0.3) is 5.91 Å². The summed E-state index contributed by atoms with van der Waals surface area (Å²) in [4.78, 5) is 28.0. The predicted octanol–water partition coefficient (Wildman–Crippen LogP) is 1.32. The van der Waals surface area contributed by atoms with E-state index in [1.54, 1.807) is 12.1 Å². The van der Waals surface area contributed by atoms with Gasteiger partial charge in [0.2, 0.25) is 0 Å². The molecular formula is C15H19N3O2. The minimum Gasteiger partial charge on any atom is -0.319 e. The first-order chi connectivity index (χ1) is 9.77. The number of amides is 3. The highest BCUT2D eigenvalue weighted by Gasteiger charge is 2.37. The van der Waals surface area contributed by atoms with Gasteiger partial charge in [-0.05, 0) is 38.1 Å². The summed E-state index contributed by atoms with van der Waals surface area (Å²) in [5.41, 5.74) is 0.577. The van der Waals surface area contributed by atoms with Gasteiger partial charge in [-0.2, -0.15) is 0 Å². The smallest absolute Gasteiger partial charge is 0.319 e. The van der Waals surface area contributed by atoms with E-state index < -0.39 is 0 Å². The van der Waals surface area contributed by atoms with Crippen LogP contribution >= 0.6 is 0 Å². The number of carbonyl (C=O) groups excluding carboxylic acids is 2. The Bertz CT molecular complexity index is 497. The molecule has 2 aliphatic rings. The Hall–Kier alpha value is -1.88. The largest absolute Gasteiger partial charge is 0.327 e. The van der Waals surface area contributed by atoms with Crippen LogP contribution in [0.1, 0.15) is 23.2 Å². The summed E-state index contributed by atoms with van der Waals surface area (Å²) in [5, 5.41) is 3.29. The molecule has 106 valence electrons. The average Bonchev–Trinajstić information content (AvgIpc) is 2.90. The second-order valence-electron chi connectivity index (χ2n) is 5.28. The lowest BCUT2D eigenvalue weighted by atomic mass is 10.1. The summed E-state index contributed by atoms with van der Waals surface area (Å²) < 4.78 is 0. The highest BCUT2D eigenvalue weighted by atomic mass is 16.2. The van der Waals surface area contributed by atoms with E-state index in [4.69, 9.17) is 0 Å². The van der Waals surface area contributed by atoms with Crippen molar-refractivity contribution in [1.29, 1.82) is 0 Å². The number of rotatable bonds is 2. The van der Waals surface area contributed by atoms with Gasteiger partial charge < -0.3 is 10.2 Å². The maximum atomic E-state index is 12.4. The fraction of sp³-hybridized carbons (Fsp3) is 0.467. The van der Waals surface area contributed by atoms with E-state index in [-0.39, 0.29) is 18.0 Å². The van der Waals surface area contributed by atoms with E-state index >= 15 is 0 Å². The molecule has 2 aliphatic heterocycles. The molecule has 3 amide bonds. The Morgan fingerprint density at radius 1 is 1.10 bits per heavy atom. The molecule has 0 atom stereocenters. The quantitative estimate of drug-likeness (QED) is 0.884. The third kappa shape index (κ3) is 2.41. The molecule has 1 aromatic carbocycles. The first-order valence-electron chi connectivity index (χ1n) is 7.15. The summed E-state index contributed by atoms with van der Waals surface area (Å²) in [6, 6.07) is 9.15. The number of urea groups is 1. The molecule has 0 radical (unpaired) electrons. The summed E-state index contributed by atoms with van der Waals surface area (Å²) in [6.07, 6.45) is 1.94. The lowest BCUT2D eigenvalue weighted by Crippen LogP contribution is -2.45. The fourth-order valence-electron chi connectivity index (χ4n) is 2.94. The maximum Gasteiger partial charge on any atom is 0.327 e. The Morgan fingerprint density at radius 2 is 1.80 bits per heavy atom. The lowest BCUT2D eigenvalue weighted by Gasteiger charge is -2.31. The third-order valence-corrected chi connectivity index (χ3v) is 4.06. The van der Waals surface area contributed by atoms with Crippen molar-refractivity contribution in [2.24, 2.45) is 0 Å². The van der Waals surface area contributed by atoms with Crippen molar-refractivity contribution < 1.29 is 9.59 Å². The van der Waals surface area contributed by atoms with E-state index in [1.807, 2.05) is 23.1 Å². The number of hydrogen-bond acceptors (Lipinski definition) is 3. The van der Waals surface area contributed by atoms with Crippen LogP contribution in [0, 0.1) is 0 Å². The molecule has 0 aromatic heterocycles. The third-order valence-electron chi connectivity index (χ3n) is 4.06. The van der Waals surface area contributed by atoms with E-state index in [9.17, 15) is 9.59 Å². The molecule has 3 rings (SSSR count). The second kappa shape index (κ2) is 5.63. The topological polar surface area (TPSA) is 52.7 Å². The van der Waals surface area contributed by atoms with Crippen molar-refractivity contribution >= 4 is 11.9 Å². The predicted molar refractivity (Wildman–Crippen MR) is 75.5 cm³/mol. The Morgan fingerprint density at radius 3 is 2.50 bits per heavy atom. The van der Waals surface area contributed by atoms with Gasteiger partial charge in [0, 0.05) is 24.7 Å². The molecule has 1 aromatic rings. The SMILES string of the molecule is O=C(c1ccccc1)N1CCN(C2CCNCC2)C1=O. The van der Waals surface area contributed by atoms with E-state index in [0.29, 0.717) is 18.7 Å². The summed E-state index contributed by atoms with van der Waals surface area (Å²) in [6.45, 7) is 3.04.